The summed E-state index contributed by atoms with van der Waals surface area (Å²) in [6.07, 6.45) is -4.56. The molecule has 0 saturated carbocycles. The second-order valence-electron chi connectivity index (χ2n) is 4.21. The average Bonchev–Trinajstić information content (AvgIpc) is 2.24. The molecule has 0 spiro atoms. The van der Waals surface area contributed by atoms with Crippen LogP contribution in [0.5, 0.6) is 0 Å². The number of carbonyl (C=O) groups is 1. The first-order valence-electron chi connectivity index (χ1n) is 5.38. The molecule has 0 heterocycles. The van der Waals surface area contributed by atoms with E-state index in [0.29, 0.717) is 6.07 Å². The van der Waals surface area contributed by atoms with E-state index in [0.717, 1.165) is 0 Å². The predicted molar refractivity (Wildman–Crippen MR) is 60.4 cm³/mol. The number of nitrogens with one attached hydrogen (secondary N) is 1. The number of carboxylic acids is 1. The van der Waals surface area contributed by atoms with Crippen molar-refractivity contribution in [3.05, 3.63) is 34.9 Å². The maximum Gasteiger partial charge on any atom is 0.416 e. The van der Waals surface area contributed by atoms with E-state index in [4.69, 9.17) is 5.11 Å². The van der Waals surface area contributed by atoms with Crippen LogP contribution in [0.2, 0.25) is 0 Å². The van der Waals surface area contributed by atoms with Gasteiger partial charge in [0.25, 0.3) is 0 Å². The topological polar surface area (TPSA) is 49.3 Å². The molecule has 0 fully saturated rings. The summed E-state index contributed by atoms with van der Waals surface area (Å²) < 4.78 is 38.4. The van der Waals surface area contributed by atoms with Crippen LogP contribution < -0.4 is 5.32 Å². The van der Waals surface area contributed by atoms with Crippen LogP contribution in [-0.4, -0.2) is 17.1 Å². The number of rotatable bonds is 4. The van der Waals surface area contributed by atoms with Gasteiger partial charge in [0.1, 0.15) is 0 Å². The van der Waals surface area contributed by atoms with Gasteiger partial charge in [-0.05, 0) is 17.7 Å². The fourth-order valence-corrected chi connectivity index (χ4v) is 1.44. The smallest absolute Gasteiger partial charge is 0.416 e. The van der Waals surface area contributed by atoms with Crippen LogP contribution in [0.3, 0.4) is 0 Å². The summed E-state index contributed by atoms with van der Waals surface area (Å²) in [4.78, 5) is 10.7. The molecule has 3 nitrogen and oxygen atoms in total. The number of carboxylic acid groups (broad SMARTS) is 1. The Balaban J connectivity index is 3.13. The van der Waals surface area contributed by atoms with Gasteiger partial charge in [-0.3, -0.25) is 0 Å². The molecule has 0 unspecified atom stereocenters. The fourth-order valence-electron chi connectivity index (χ4n) is 1.44. The maximum atomic E-state index is 12.8. The molecule has 18 heavy (non-hydrogen) atoms. The van der Waals surface area contributed by atoms with Crippen molar-refractivity contribution in [2.45, 2.75) is 32.6 Å². The molecule has 0 aliphatic heterocycles. The molecule has 2 N–H and O–H groups in total. The summed E-state index contributed by atoms with van der Waals surface area (Å²) in [5, 5.41) is 11.6. The first kappa shape index (κ1) is 14.5. The van der Waals surface area contributed by atoms with Crippen LogP contribution >= 0.6 is 0 Å². The van der Waals surface area contributed by atoms with Gasteiger partial charge in [-0.1, -0.05) is 19.9 Å². The van der Waals surface area contributed by atoms with Crippen molar-refractivity contribution in [1.82, 2.24) is 5.32 Å². The Hall–Kier alpha value is -1.56. The van der Waals surface area contributed by atoms with Crippen LogP contribution in [0.1, 0.15) is 35.3 Å². The third-order valence-electron chi connectivity index (χ3n) is 2.36. The number of hydrogen-bond acceptors (Lipinski definition) is 2. The first-order chi connectivity index (χ1) is 8.21. The predicted octanol–water partition coefficient (Wildman–Crippen LogP) is 2.90. The zero-order valence-corrected chi connectivity index (χ0v) is 10.0. The Labute approximate surface area is 103 Å². The molecule has 0 aliphatic carbocycles. The monoisotopic (exact) mass is 261 g/mol. The Morgan fingerprint density at radius 3 is 2.44 bits per heavy atom. The lowest BCUT2D eigenvalue weighted by Crippen LogP contribution is -2.24. The highest BCUT2D eigenvalue weighted by Crippen LogP contribution is 2.32. The van der Waals surface area contributed by atoms with Crippen molar-refractivity contribution in [2.75, 3.05) is 0 Å². The van der Waals surface area contributed by atoms with Gasteiger partial charge in [0, 0.05) is 12.6 Å². The minimum absolute atomic E-state index is 0.0428. The molecule has 1 rings (SSSR count). The number of halogens is 3. The van der Waals surface area contributed by atoms with Crippen LogP contribution in [0.4, 0.5) is 13.2 Å². The van der Waals surface area contributed by atoms with E-state index in [1.165, 1.54) is 12.1 Å². The Bertz CT molecular complexity index is 441. The minimum atomic E-state index is -4.56. The van der Waals surface area contributed by atoms with Crippen LogP contribution in [0.15, 0.2) is 18.2 Å². The van der Waals surface area contributed by atoms with E-state index < -0.39 is 17.7 Å². The van der Waals surface area contributed by atoms with Crippen molar-refractivity contribution in [1.29, 1.82) is 0 Å². The van der Waals surface area contributed by atoms with E-state index in [9.17, 15) is 18.0 Å². The zero-order chi connectivity index (χ0) is 13.9. The van der Waals surface area contributed by atoms with Crippen molar-refractivity contribution in [3.8, 4) is 0 Å². The third-order valence-corrected chi connectivity index (χ3v) is 2.36. The largest absolute Gasteiger partial charge is 0.478 e. The highest BCUT2D eigenvalue weighted by Gasteiger charge is 2.33. The minimum Gasteiger partial charge on any atom is -0.478 e. The molecule has 1 aromatic carbocycles. The molecule has 0 aliphatic rings. The van der Waals surface area contributed by atoms with Gasteiger partial charge in [0.15, 0.2) is 0 Å². The standard InChI is InChI=1S/C12H14F3NO2/c1-7(2)16-6-9-4-3-8(11(17)18)5-10(9)12(13,14)15/h3-5,7,16H,6H2,1-2H3,(H,17,18). The molecular weight excluding hydrogens is 247 g/mol. The summed E-state index contributed by atoms with van der Waals surface area (Å²) in [5.41, 5.74) is -1.23. The molecule has 6 heteroatoms. The van der Waals surface area contributed by atoms with Crippen molar-refractivity contribution in [2.24, 2.45) is 0 Å². The van der Waals surface area contributed by atoms with E-state index in [-0.39, 0.29) is 23.7 Å². The van der Waals surface area contributed by atoms with E-state index in [1.54, 1.807) is 0 Å². The molecular formula is C12H14F3NO2. The van der Waals surface area contributed by atoms with Gasteiger partial charge < -0.3 is 10.4 Å². The highest BCUT2D eigenvalue weighted by molar-refractivity contribution is 5.88. The molecule has 1 aromatic rings. The van der Waals surface area contributed by atoms with Gasteiger partial charge in [0.2, 0.25) is 0 Å². The number of benzene rings is 1. The van der Waals surface area contributed by atoms with E-state index >= 15 is 0 Å². The lowest BCUT2D eigenvalue weighted by Gasteiger charge is -2.15. The first-order valence-corrected chi connectivity index (χ1v) is 5.38. The van der Waals surface area contributed by atoms with E-state index in [2.05, 4.69) is 5.32 Å². The molecule has 0 atom stereocenters. The summed E-state index contributed by atoms with van der Waals surface area (Å²) >= 11 is 0. The molecule has 0 saturated heterocycles. The summed E-state index contributed by atoms with van der Waals surface area (Å²) in [7, 11) is 0. The summed E-state index contributed by atoms with van der Waals surface area (Å²) in [6, 6.07) is 3.08. The van der Waals surface area contributed by atoms with Crippen molar-refractivity contribution in [3.63, 3.8) is 0 Å². The van der Waals surface area contributed by atoms with Gasteiger partial charge >= 0.3 is 12.1 Å². The normalized spacial score (nSPS) is 11.9. The lowest BCUT2D eigenvalue weighted by molar-refractivity contribution is -0.138. The number of alkyl halides is 3. The zero-order valence-electron chi connectivity index (χ0n) is 10.0. The molecule has 0 bridgehead atoms. The van der Waals surface area contributed by atoms with Gasteiger partial charge in [0.05, 0.1) is 11.1 Å². The number of aromatic carboxylic acids is 1. The second-order valence-corrected chi connectivity index (χ2v) is 4.21. The van der Waals surface area contributed by atoms with Crippen molar-refractivity contribution >= 4 is 5.97 Å². The summed E-state index contributed by atoms with van der Waals surface area (Å²) in [5.74, 6) is -1.37. The summed E-state index contributed by atoms with van der Waals surface area (Å²) in [6.45, 7) is 3.68. The highest BCUT2D eigenvalue weighted by atomic mass is 19.4. The lowest BCUT2D eigenvalue weighted by atomic mass is 10.0. The SMILES string of the molecule is CC(C)NCc1ccc(C(=O)O)cc1C(F)(F)F. The molecule has 100 valence electrons. The number of hydrogen-bond donors (Lipinski definition) is 2. The molecule has 0 aromatic heterocycles. The Kier molecular flexibility index (Phi) is 4.34. The van der Waals surface area contributed by atoms with Gasteiger partial charge in [-0.2, -0.15) is 13.2 Å². The van der Waals surface area contributed by atoms with Crippen LogP contribution in [-0.2, 0) is 12.7 Å². The average molecular weight is 261 g/mol. The molecule has 0 radical (unpaired) electrons. The van der Waals surface area contributed by atoms with E-state index in [1.807, 2.05) is 13.8 Å². The fraction of sp³-hybridized carbons (Fsp3) is 0.417. The van der Waals surface area contributed by atoms with Crippen LogP contribution in [0.25, 0.3) is 0 Å². The Morgan fingerprint density at radius 1 is 1.39 bits per heavy atom. The van der Waals surface area contributed by atoms with Gasteiger partial charge in [-0.15, -0.1) is 0 Å². The van der Waals surface area contributed by atoms with Crippen LogP contribution in [0, 0.1) is 0 Å². The quantitative estimate of drug-likeness (QED) is 0.876. The van der Waals surface area contributed by atoms with Crippen molar-refractivity contribution < 1.29 is 23.1 Å². The second kappa shape index (κ2) is 5.39. The maximum absolute atomic E-state index is 12.8. The third kappa shape index (κ3) is 3.73. The molecule has 0 amide bonds. The van der Waals surface area contributed by atoms with Gasteiger partial charge in [-0.25, -0.2) is 4.79 Å². The Morgan fingerprint density at radius 2 is 2.00 bits per heavy atom.